The maximum Gasteiger partial charge on any atom is 0.299 e. The van der Waals surface area contributed by atoms with E-state index in [1.165, 1.54) is 0 Å². The molecule has 0 amide bonds. The fraction of sp³-hybridized carbons (Fsp3) is 0.375. The Morgan fingerprint density at radius 2 is 2.18 bits per heavy atom. The van der Waals surface area contributed by atoms with E-state index >= 15 is 0 Å². The van der Waals surface area contributed by atoms with E-state index in [2.05, 4.69) is 4.79 Å². The molecular formula is C8H10N2O. The van der Waals surface area contributed by atoms with Gasteiger partial charge in [0.25, 0.3) is 5.71 Å². The van der Waals surface area contributed by atoms with Gasteiger partial charge in [0.1, 0.15) is 5.76 Å². The standard InChI is InChI=1S/C8H10N2O/c1-5-4-8(11)6(2)3-7(5)10-9/h4,11H,3H2,1-2H3. The lowest BCUT2D eigenvalue weighted by molar-refractivity contribution is -0.00683. The molecule has 0 radical (unpaired) electrons. The van der Waals surface area contributed by atoms with Crippen molar-refractivity contribution in [3.63, 3.8) is 0 Å². The van der Waals surface area contributed by atoms with Gasteiger partial charge < -0.3 is 10.6 Å². The van der Waals surface area contributed by atoms with E-state index in [0.29, 0.717) is 12.1 Å². The number of allylic oxidation sites excluding steroid dienone is 3. The Balaban J connectivity index is 3.10. The molecule has 1 aliphatic rings. The largest absolute Gasteiger partial charge is 0.508 e. The van der Waals surface area contributed by atoms with E-state index in [1.807, 2.05) is 6.92 Å². The molecule has 0 aromatic heterocycles. The third-order valence-corrected chi connectivity index (χ3v) is 1.80. The molecule has 0 unspecified atom stereocenters. The average molecular weight is 150 g/mol. The van der Waals surface area contributed by atoms with Gasteiger partial charge in [-0.3, -0.25) is 0 Å². The van der Waals surface area contributed by atoms with E-state index < -0.39 is 0 Å². The molecule has 0 saturated heterocycles. The van der Waals surface area contributed by atoms with Crippen molar-refractivity contribution in [2.75, 3.05) is 0 Å². The molecule has 58 valence electrons. The molecule has 0 aliphatic heterocycles. The zero-order valence-electron chi connectivity index (χ0n) is 6.63. The van der Waals surface area contributed by atoms with Crippen molar-refractivity contribution in [3.05, 3.63) is 28.5 Å². The lowest BCUT2D eigenvalue weighted by atomic mass is 9.97. The van der Waals surface area contributed by atoms with Crippen LogP contribution in [0.3, 0.4) is 0 Å². The summed E-state index contributed by atoms with van der Waals surface area (Å²) in [6.45, 7) is 3.61. The molecule has 0 aromatic rings. The number of hydrogen-bond donors (Lipinski definition) is 1. The molecule has 3 nitrogen and oxygen atoms in total. The molecular weight excluding hydrogens is 140 g/mol. The minimum absolute atomic E-state index is 0.287. The highest BCUT2D eigenvalue weighted by Gasteiger charge is 2.18. The van der Waals surface area contributed by atoms with Crippen LogP contribution in [0.2, 0.25) is 0 Å². The van der Waals surface area contributed by atoms with Crippen LogP contribution in [-0.4, -0.2) is 15.6 Å². The average Bonchev–Trinajstić information content (AvgIpc) is 1.97. The number of hydrogen-bond acceptors (Lipinski definition) is 1. The smallest absolute Gasteiger partial charge is 0.299 e. The van der Waals surface area contributed by atoms with Gasteiger partial charge in [-0.15, -0.1) is 0 Å². The van der Waals surface area contributed by atoms with Crippen molar-refractivity contribution >= 4 is 5.71 Å². The maximum absolute atomic E-state index is 9.23. The summed E-state index contributed by atoms with van der Waals surface area (Å²) in [6.07, 6.45) is 2.14. The van der Waals surface area contributed by atoms with E-state index in [4.69, 9.17) is 5.53 Å². The van der Waals surface area contributed by atoms with E-state index in [-0.39, 0.29) is 5.76 Å². The Morgan fingerprint density at radius 1 is 1.55 bits per heavy atom. The second-order valence-corrected chi connectivity index (χ2v) is 2.72. The van der Waals surface area contributed by atoms with Crippen molar-refractivity contribution < 1.29 is 9.90 Å². The highest BCUT2D eigenvalue weighted by Crippen LogP contribution is 2.18. The second kappa shape index (κ2) is 2.72. The van der Waals surface area contributed by atoms with Crippen LogP contribution in [0.1, 0.15) is 20.3 Å². The van der Waals surface area contributed by atoms with Gasteiger partial charge in [0.2, 0.25) is 0 Å². The molecule has 11 heavy (non-hydrogen) atoms. The van der Waals surface area contributed by atoms with Gasteiger partial charge in [0, 0.05) is 5.57 Å². The summed E-state index contributed by atoms with van der Waals surface area (Å²) in [6, 6.07) is 0. The highest BCUT2D eigenvalue weighted by molar-refractivity contribution is 5.98. The minimum Gasteiger partial charge on any atom is -0.508 e. The Labute approximate surface area is 65.3 Å². The lowest BCUT2D eigenvalue weighted by Crippen LogP contribution is -2.08. The molecule has 1 N–H and O–H groups in total. The maximum atomic E-state index is 9.23. The number of aliphatic hydroxyl groups is 1. The third-order valence-electron chi connectivity index (χ3n) is 1.80. The molecule has 0 heterocycles. The highest BCUT2D eigenvalue weighted by atomic mass is 16.3. The fourth-order valence-electron chi connectivity index (χ4n) is 1.01. The number of aliphatic hydroxyl groups excluding tert-OH is 1. The van der Waals surface area contributed by atoms with Crippen LogP contribution in [0.15, 0.2) is 23.0 Å². The van der Waals surface area contributed by atoms with Gasteiger partial charge >= 0.3 is 0 Å². The molecule has 1 rings (SSSR count). The van der Waals surface area contributed by atoms with Crippen LogP contribution in [0.4, 0.5) is 0 Å². The molecule has 0 saturated carbocycles. The SMILES string of the molecule is CC1=CC(O)=C(C)CC1=[N+]=[N-]. The van der Waals surface area contributed by atoms with Crippen molar-refractivity contribution in [2.45, 2.75) is 20.3 Å². The fourth-order valence-corrected chi connectivity index (χ4v) is 1.01. The Hall–Kier alpha value is -1.34. The molecule has 0 bridgehead atoms. The quantitative estimate of drug-likeness (QED) is 0.415. The number of nitrogens with zero attached hydrogens (tertiary/aromatic N) is 2. The first-order valence-corrected chi connectivity index (χ1v) is 3.43. The van der Waals surface area contributed by atoms with Crippen LogP contribution in [0.5, 0.6) is 0 Å². The van der Waals surface area contributed by atoms with Gasteiger partial charge in [0.15, 0.2) is 0 Å². The zero-order chi connectivity index (χ0) is 8.43. The Bertz CT molecular complexity index is 293. The molecule has 0 aromatic carbocycles. The van der Waals surface area contributed by atoms with Crippen LogP contribution in [-0.2, 0) is 0 Å². The summed E-state index contributed by atoms with van der Waals surface area (Å²) >= 11 is 0. The summed E-state index contributed by atoms with van der Waals surface area (Å²) in [5, 5.41) is 9.23. The summed E-state index contributed by atoms with van der Waals surface area (Å²) in [5.41, 5.74) is 10.8. The summed E-state index contributed by atoms with van der Waals surface area (Å²) in [4.78, 5) is 3.12. The molecule has 0 fully saturated rings. The Morgan fingerprint density at radius 3 is 2.73 bits per heavy atom. The van der Waals surface area contributed by atoms with Gasteiger partial charge in [-0.2, -0.15) is 4.79 Å². The summed E-state index contributed by atoms with van der Waals surface area (Å²) in [5.74, 6) is 0.287. The topological polar surface area (TPSA) is 56.6 Å². The van der Waals surface area contributed by atoms with E-state index in [1.54, 1.807) is 13.0 Å². The van der Waals surface area contributed by atoms with Crippen molar-refractivity contribution in [1.29, 1.82) is 0 Å². The normalized spacial score (nSPS) is 18.0. The van der Waals surface area contributed by atoms with Gasteiger partial charge in [-0.1, -0.05) is 0 Å². The molecule has 0 spiro atoms. The molecule has 1 aliphatic carbocycles. The summed E-state index contributed by atoms with van der Waals surface area (Å²) < 4.78 is 0. The lowest BCUT2D eigenvalue weighted by Gasteiger charge is -2.06. The van der Waals surface area contributed by atoms with Gasteiger partial charge in [0.05, 0.1) is 6.42 Å². The van der Waals surface area contributed by atoms with Gasteiger partial charge in [-0.05, 0) is 25.5 Å². The van der Waals surface area contributed by atoms with Crippen molar-refractivity contribution in [2.24, 2.45) is 0 Å². The first-order chi connectivity index (χ1) is 5.15. The van der Waals surface area contributed by atoms with E-state index in [0.717, 1.165) is 11.1 Å². The van der Waals surface area contributed by atoms with Crippen molar-refractivity contribution in [3.8, 4) is 0 Å². The minimum atomic E-state index is 0.287. The van der Waals surface area contributed by atoms with Crippen LogP contribution in [0.25, 0.3) is 5.53 Å². The monoisotopic (exact) mass is 150 g/mol. The third kappa shape index (κ3) is 1.38. The zero-order valence-corrected chi connectivity index (χ0v) is 6.63. The number of rotatable bonds is 0. The van der Waals surface area contributed by atoms with Gasteiger partial charge in [-0.25, -0.2) is 0 Å². The summed E-state index contributed by atoms with van der Waals surface area (Å²) in [7, 11) is 0. The van der Waals surface area contributed by atoms with E-state index in [9.17, 15) is 5.11 Å². The van der Waals surface area contributed by atoms with Crippen LogP contribution >= 0.6 is 0 Å². The predicted octanol–water partition coefficient (Wildman–Crippen LogP) is 1.84. The Kier molecular flexibility index (Phi) is 1.92. The first-order valence-electron chi connectivity index (χ1n) is 3.43. The van der Waals surface area contributed by atoms with Crippen LogP contribution in [0, 0.1) is 0 Å². The van der Waals surface area contributed by atoms with Crippen LogP contribution < -0.4 is 0 Å². The molecule has 0 atom stereocenters. The second-order valence-electron chi connectivity index (χ2n) is 2.72. The molecule has 3 heteroatoms. The van der Waals surface area contributed by atoms with Crippen molar-refractivity contribution in [1.82, 2.24) is 0 Å². The predicted molar refractivity (Wildman–Crippen MR) is 42.3 cm³/mol. The first kappa shape index (κ1) is 7.76.